The number of rotatable bonds is 4. The number of aliphatic hydroxyl groups is 1. The van der Waals surface area contributed by atoms with Crippen molar-refractivity contribution in [3.63, 3.8) is 0 Å². The Morgan fingerprint density at radius 1 is 1.00 bits per heavy atom. The van der Waals surface area contributed by atoms with Crippen LogP contribution in [0.25, 0.3) is 0 Å². The molecule has 8 heteroatoms. The second-order valence-electron chi connectivity index (χ2n) is 9.57. The first-order valence-electron chi connectivity index (χ1n) is 10.6. The van der Waals surface area contributed by atoms with Crippen molar-refractivity contribution in [2.45, 2.75) is 60.8 Å². The maximum absolute atomic E-state index is 13.7. The van der Waals surface area contributed by atoms with Gasteiger partial charge in [-0.3, -0.25) is 24.0 Å². The summed E-state index contributed by atoms with van der Waals surface area (Å²) < 4.78 is 10.2. The van der Waals surface area contributed by atoms with E-state index in [1.54, 1.807) is 6.92 Å². The first-order valence-corrected chi connectivity index (χ1v) is 10.6. The van der Waals surface area contributed by atoms with Crippen LogP contribution in [0.4, 0.5) is 0 Å². The van der Waals surface area contributed by atoms with Crippen LogP contribution in [0.2, 0.25) is 0 Å². The number of hydrogen-bond acceptors (Lipinski definition) is 8. The molecule has 0 radical (unpaired) electrons. The van der Waals surface area contributed by atoms with Crippen molar-refractivity contribution in [2.24, 2.45) is 16.7 Å². The van der Waals surface area contributed by atoms with Crippen molar-refractivity contribution in [1.82, 2.24) is 0 Å². The third-order valence-corrected chi connectivity index (χ3v) is 6.61. The van der Waals surface area contributed by atoms with Gasteiger partial charge in [0.1, 0.15) is 0 Å². The largest absolute Gasteiger partial charge is 0.504 e. The lowest BCUT2D eigenvalue weighted by atomic mass is 9.52. The molecule has 2 atom stereocenters. The van der Waals surface area contributed by atoms with Crippen molar-refractivity contribution >= 4 is 29.3 Å². The van der Waals surface area contributed by atoms with E-state index in [0.717, 1.165) is 13.3 Å². The Morgan fingerprint density at radius 3 is 2.19 bits per heavy atom. The smallest absolute Gasteiger partial charge is 0.308 e. The van der Waals surface area contributed by atoms with Gasteiger partial charge < -0.3 is 14.6 Å². The fourth-order valence-corrected chi connectivity index (χ4v) is 5.41. The van der Waals surface area contributed by atoms with Crippen LogP contribution in [0.1, 0.15) is 60.8 Å². The minimum atomic E-state index is -1.06. The Morgan fingerprint density at radius 2 is 1.62 bits per heavy atom. The molecular formula is C24H28O8. The van der Waals surface area contributed by atoms with Crippen LogP contribution in [-0.4, -0.2) is 41.0 Å². The summed E-state index contributed by atoms with van der Waals surface area (Å²) in [6, 6.07) is 0. The summed E-state index contributed by atoms with van der Waals surface area (Å²) in [4.78, 5) is 63.5. The molecule has 1 fully saturated rings. The van der Waals surface area contributed by atoms with E-state index in [4.69, 9.17) is 9.47 Å². The van der Waals surface area contributed by atoms with Gasteiger partial charge in [0.25, 0.3) is 0 Å². The third-order valence-electron chi connectivity index (χ3n) is 6.61. The number of allylic oxidation sites excluding steroid dienone is 3. The van der Waals surface area contributed by atoms with Gasteiger partial charge in [-0.15, -0.1) is 0 Å². The second-order valence-corrected chi connectivity index (χ2v) is 9.57. The SMILES string of the molecule is CC(=O)OCC(C)C1=C(OC(C)=O)C(=O)C2=C(C(=O)C(O)=C3C(C)(C)CCCC23C)C1=O. The average Bonchev–Trinajstić information content (AvgIpc) is 2.65. The molecule has 32 heavy (non-hydrogen) atoms. The molecule has 0 aromatic carbocycles. The predicted octanol–water partition coefficient (Wildman–Crippen LogP) is 3.06. The second kappa shape index (κ2) is 7.83. The molecule has 0 bridgehead atoms. The van der Waals surface area contributed by atoms with Gasteiger partial charge in [-0.05, 0) is 23.8 Å². The topological polar surface area (TPSA) is 124 Å². The van der Waals surface area contributed by atoms with Gasteiger partial charge in [0, 0.05) is 30.8 Å². The lowest BCUT2D eigenvalue weighted by Crippen LogP contribution is -2.47. The molecule has 0 aliphatic heterocycles. The summed E-state index contributed by atoms with van der Waals surface area (Å²) >= 11 is 0. The first kappa shape index (κ1) is 23.6. The first-order chi connectivity index (χ1) is 14.7. The number of carbonyl (C=O) groups is 5. The maximum Gasteiger partial charge on any atom is 0.308 e. The summed E-state index contributed by atoms with van der Waals surface area (Å²) in [7, 11) is 0. The zero-order valence-electron chi connectivity index (χ0n) is 19.2. The number of carbonyl (C=O) groups excluding carboxylic acids is 5. The number of Topliss-reactive ketones (excluding diaryl/α,β-unsaturated/α-hetero) is 3. The van der Waals surface area contributed by atoms with Gasteiger partial charge in [-0.25, -0.2) is 0 Å². The standard InChI is InChI=1S/C24H28O8/c1-11(10-31-12(2)25)14-17(27)15-16(19(29)21(14)32-13(3)26)24(6)9-7-8-23(4,5)22(24)20(30)18(15)28/h11,30H,7-10H2,1-6H3. The summed E-state index contributed by atoms with van der Waals surface area (Å²) in [6.07, 6.45) is 1.87. The molecule has 3 rings (SSSR count). The van der Waals surface area contributed by atoms with E-state index < -0.39 is 63.1 Å². The van der Waals surface area contributed by atoms with Gasteiger partial charge in [-0.1, -0.05) is 34.1 Å². The zero-order valence-corrected chi connectivity index (χ0v) is 19.2. The number of esters is 2. The molecular weight excluding hydrogens is 416 g/mol. The highest BCUT2D eigenvalue weighted by atomic mass is 16.5. The van der Waals surface area contributed by atoms with E-state index >= 15 is 0 Å². The molecule has 0 heterocycles. The molecule has 0 saturated heterocycles. The molecule has 3 aliphatic rings. The summed E-state index contributed by atoms with van der Waals surface area (Å²) in [5, 5.41) is 10.9. The predicted molar refractivity (Wildman–Crippen MR) is 112 cm³/mol. The van der Waals surface area contributed by atoms with Gasteiger partial charge in [0.15, 0.2) is 17.3 Å². The monoisotopic (exact) mass is 444 g/mol. The van der Waals surface area contributed by atoms with Crippen molar-refractivity contribution in [3.8, 4) is 0 Å². The van der Waals surface area contributed by atoms with Crippen LogP contribution in [0.5, 0.6) is 0 Å². The Kier molecular flexibility index (Phi) is 5.78. The molecule has 0 aromatic rings. The number of aliphatic hydroxyl groups excluding tert-OH is 1. The minimum absolute atomic E-state index is 0.0345. The number of ketones is 3. The lowest BCUT2D eigenvalue weighted by Gasteiger charge is -2.49. The van der Waals surface area contributed by atoms with Crippen molar-refractivity contribution in [2.75, 3.05) is 6.61 Å². The van der Waals surface area contributed by atoms with Crippen LogP contribution >= 0.6 is 0 Å². The van der Waals surface area contributed by atoms with E-state index in [2.05, 4.69) is 0 Å². The summed E-state index contributed by atoms with van der Waals surface area (Å²) in [6.45, 7) is 9.10. The fourth-order valence-electron chi connectivity index (χ4n) is 5.41. The quantitative estimate of drug-likeness (QED) is 0.399. The molecule has 0 aromatic heterocycles. The minimum Gasteiger partial charge on any atom is -0.504 e. The molecule has 1 saturated carbocycles. The van der Waals surface area contributed by atoms with Crippen molar-refractivity contribution < 1.29 is 38.6 Å². The van der Waals surface area contributed by atoms with Gasteiger partial charge in [0.2, 0.25) is 11.6 Å². The maximum atomic E-state index is 13.7. The van der Waals surface area contributed by atoms with Gasteiger partial charge in [-0.2, -0.15) is 0 Å². The van der Waals surface area contributed by atoms with Gasteiger partial charge in [0.05, 0.1) is 17.8 Å². The Balaban J connectivity index is 2.23. The molecule has 2 unspecified atom stereocenters. The van der Waals surface area contributed by atoms with E-state index in [-0.39, 0.29) is 17.8 Å². The van der Waals surface area contributed by atoms with Crippen LogP contribution in [0, 0.1) is 16.7 Å². The summed E-state index contributed by atoms with van der Waals surface area (Å²) in [5.41, 5.74) is -1.83. The van der Waals surface area contributed by atoms with E-state index in [0.29, 0.717) is 18.4 Å². The van der Waals surface area contributed by atoms with E-state index in [9.17, 15) is 29.1 Å². The Bertz CT molecular complexity index is 1050. The molecule has 0 amide bonds. The fraction of sp³-hybridized carbons (Fsp3) is 0.542. The highest BCUT2D eigenvalue weighted by molar-refractivity contribution is 6.39. The van der Waals surface area contributed by atoms with E-state index in [1.165, 1.54) is 13.8 Å². The Labute approximate surface area is 186 Å². The number of ether oxygens (including phenoxy) is 2. The average molecular weight is 444 g/mol. The van der Waals surface area contributed by atoms with Crippen molar-refractivity contribution in [3.05, 3.63) is 33.8 Å². The van der Waals surface area contributed by atoms with Crippen LogP contribution < -0.4 is 0 Å². The zero-order chi connectivity index (χ0) is 24.2. The van der Waals surface area contributed by atoms with Crippen LogP contribution in [0.15, 0.2) is 33.8 Å². The molecule has 172 valence electrons. The highest BCUT2D eigenvalue weighted by Gasteiger charge is 2.57. The number of fused-ring (bicyclic) bond motifs is 2. The normalized spacial score (nSPS) is 26.0. The lowest BCUT2D eigenvalue weighted by molar-refractivity contribution is -0.143. The number of hydrogen-bond donors (Lipinski definition) is 1. The highest BCUT2D eigenvalue weighted by Crippen LogP contribution is 2.59. The Hall–Kier alpha value is -3.03. The molecule has 0 spiro atoms. The third kappa shape index (κ3) is 3.51. The molecule has 8 nitrogen and oxygen atoms in total. The van der Waals surface area contributed by atoms with Crippen LogP contribution in [-0.2, 0) is 33.4 Å². The van der Waals surface area contributed by atoms with Crippen LogP contribution in [0.3, 0.4) is 0 Å². The van der Waals surface area contributed by atoms with Crippen molar-refractivity contribution in [1.29, 1.82) is 0 Å². The molecule has 3 aliphatic carbocycles. The van der Waals surface area contributed by atoms with Gasteiger partial charge >= 0.3 is 11.9 Å². The van der Waals surface area contributed by atoms with E-state index in [1.807, 2.05) is 13.8 Å². The molecule has 1 N–H and O–H groups in total. The summed E-state index contributed by atoms with van der Waals surface area (Å²) in [5.74, 6) is -5.57.